The van der Waals surface area contributed by atoms with Crippen LogP contribution < -0.4 is 5.73 Å². The van der Waals surface area contributed by atoms with Crippen LogP contribution in [0.1, 0.15) is 18.1 Å². The Hall–Kier alpha value is -1.11. The van der Waals surface area contributed by atoms with Gasteiger partial charge in [-0.2, -0.15) is 5.26 Å². The predicted molar refractivity (Wildman–Crippen MR) is 66.1 cm³/mol. The largest absolute Gasteiger partial charge is 0.316 e. The van der Waals surface area contributed by atoms with Gasteiger partial charge in [0.2, 0.25) is 0 Å². The molecule has 1 aromatic rings. The number of rotatable bonds is 3. The summed E-state index contributed by atoms with van der Waals surface area (Å²) < 4.78 is 1.03. The summed E-state index contributed by atoms with van der Waals surface area (Å²) in [5.41, 5.74) is 7.82. The van der Waals surface area contributed by atoms with Crippen LogP contribution in [0.25, 0.3) is 6.08 Å². The van der Waals surface area contributed by atoms with Gasteiger partial charge in [-0.25, -0.2) is 0 Å². The van der Waals surface area contributed by atoms with Gasteiger partial charge >= 0.3 is 0 Å². The number of benzene rings is 1. The van der Waals surface area contributed by atoms with E-state index in [-0.39, 0.29) is 0 Å². The first-order valence-electron chi connectivity index (χ1n) is 4.73. The van der Waals surface area contributed by atoms with Crippen molar-refractivity contribution in [1.29, 1.82) is 5.26 Å². The summed E-state index contributed by atoms with van der Waals surface area (Å²) in [5, 5.41) is 8.67. The lowest BCUT2D eigenvalue weighted by Crippen LogP contribution is -2.20. The van der Waals surface area contributed by atoms with Gasteiger partial charge in [-0.3, -0.25) is 0 Å². The molecule has 1 atom stereocenters. The van der Waals surface area contributed by atoms with E-state index in [0.717, 1.165) is 15.6 Å². The molecule has 2 N–H and O–H groups in total. The van der Waals surface area contributed by atoms with Crippen LogP contribution in [0.4, 0.5) is 0 Å². The van der Waals surface area contributed by atoms with Gasteiger partial charge in [-0.1, -0.05) is 34.1 Å². The highest BCUT2D eigenvalue weighted by molar-refractivity contribution is 9.10. The molecule has 0 aliphatic carbocycles. The number of nitrogens with two attached hydrogens (primary N) is 1. The molecule has 0 aliphatic heterocycles. The van der Waals surface area contributed by atoms with Crippen LogP contribution >= 0.6 is 15.9 Å². The van der Waals surface area contributed by atoms with Gasteiger partial charge in [0.25, 0.3) is 0 Å². The zero-order valence-corrected chi connectivity index (χ0v) is 10.2. The van der Waals surface area contributed by atoms with E-state index >= 15 is 0 Å². The predicted octanol–water partition coefficient (Wildman–Crippen LogP) is 2.88. The normalized spacial score (nSPS) is 12.7. The van der Waals surface area contributed by atoms with Crippen LogP contribution in [0.2, 0.25) is 0 Å². The van der Waals surface area contributed by atoms with Crippen molar-refractivity contribution < 1.29 is 0 Å². The van der Waals surface area contributed by atoms with Crippen molar-refractivity contribution in [3.8, 4) is 6.07 Å². The monoisotopic (exact) mass is 264 g/mol. The van der Waals surface area contributed by atoms with Gasteiger partial charge in [-0.15, -0.1) is 0 Å². The molecule has 0 heterocycles. The first-order chi connectivity index (χ1) is 7.17. The summed E-state index contributed by atoms with van der Waals surface area (Å²) in [6.07, 6.45) is 4.58. The number of allylic oxidation sites excluding steroid dienone is 1. The van der Waals surface area contributed by atoms with Crippen molar-refractivity contribution >= 4 is 22.0 Å². The van der Waals surface area contributed by atoms with E-state index in [1.165, 1.54) is 0 Å². The summed E-state index contributed by atoms with van der Waals surface area (Å²) in [6.45, 7) is 1.97. The summed E-state index contributed by atoms with van der Waals surface area (Å²) >= 11 is 3.42. The minimum Gasteiger partial charge on any atom is -0.316 e. The van der Waals surface area contributed by atoms with Crippen molar-refractivity contribution in [2.24, 2.45) is 5.73 Å². The van der Waals surface area contributed by atoms with Gasteiger partial charge in [-0.05, 0) is 30.2 Å². The molecule has 0 spiro atoms. The Bertz CT molecular complexity index is 405. The molecule has 0 amide bonds. The van der Waals surface area contributed by atoms with Crippen LogP contribution in [0, 0.1) is 11.3 Å². The van der Waals surface area contributed by atoms with E-state index in [2.05, 4.69) is 15.9 Å². The van der Waals surface area contributed by atoms with Crippen molar-refractivity contribution in [3.05, 3.63) is 39.9 Å². The number of hydrogen-bond donors (Lipinski definition) is 1. The average molecular weight is 265 g/mol. The van der Waals surface area contributed by atoms with E-state index < -0.39 is 6.04 Å². The molecule has 1 rings (SSSR count). The molecule has 0 aromatic heterocycles. The Kier molecular flexibility index (Phi) is 4.54. The van der Waals surface area contributed by atoms with Gasteiger partial charge in [0, 0.05) is 10.9 Å². The molecule has 0 bridgehead atoms. The van der Waals surface area contributed by atoms with Crippen LogP contribution in [0.15, 0.2) is 28.7 Å². The highest BCUT2D eigenvalue weighted by atomic mass is 79.9. The molecule has 15 heavy (non-hydrogen) atoms. The zero-order chi connectivity index (χ0) is 11.3. The van der Waals surface area contributed by atoms with Crippen molar-refractivity contribution in [3.63, 3.8) is 0 Å². The standard InChI is InChI=1S/C12H13BrN2/c1-2-3-9-6-11(13)5-4-10(9)7-12(15)8-14/h2-6,12H,7,15H2,1H3/b3-2+/t12-/m0/s1. The van der Waals surface area contributed by atoms with Crippen LogP contribution in [0.5, 0.6) is 0 Å². The third kappa shape index (κ3) is 3.50. The van der Waals surface area contributed by atoms with Crippen LogP contribution in [-0.2, 0) is 6.42 Å². The third-order valence-electron chi connectivity index (χ3n) is 2.06. The third-order valence-corrected chi connectivity index (χ3v) is 2.55. The van der Waals surface area contributed by atoms with Crippen molar-refractivity contribution in [2.45, 2.75) is 19.4 Å². The molecule has 1 aromatic carbocycles. The second kappa shape index (κ2) is 5.69. The molecule has 78 valence electrons. The number of halogens is 1. The van der Waals surface area contributed by atoms with Crippen molar-refractivity contribution in [2.75, 3.05) is 0 Å². The molecular formula is C12H13BrN2. The minimum atomic E-state index is -0.435. The summed E-state index contributed by atoms with van der Waals surface area (Å²) in [4.78, 5) is 0. The van der Waals surface area contributed by atoms with Gasteiger partial charge in [0.15, 0.2) is 0 Å². The highest BCUT2D eigenvalue weighted by Gasteiger charge is 2.05. The lowest BCUT2D eigenvalue weighted by atomic mass is 10.0. The summed E-state index contributed by atoms with van der Waals surface area (Å²) in [5.74, 6) is 0. The number of hydrogen-bond acceptors (Lipinski definition) is 2. The van der Waals surface area contributed by atoms with E-state index in [4.69, 9.17) is 11.0 Å². The second-order valence-electron chi connectivity index (χ2n) is 3.28. The number of nitrogens with zero attached hydrogens (tertiary/aromatic N) is 1. The minimum absolute atomic E-state index is 0.435. The Morgan fingerprint density at radius 3 is 2.93 bits per heavy atom. The Balaban J connectivity index is 3.01. The number of nitriles is 1. The lowest BCUT2D eigenvalue weighted by Gasteiger charge is -2.07. The lowest BCUT2D eigenvalue weighted by molar-refractivity contribution is 0.821. The first kappa shape index (κ1) is 12.0. The molecule has 3 heteroatoms. The maximum atomic E-state index is 8.67. The van der Waals surface area contributed by atoms with E-state index in [1.54, 1.807) is 0 Å². The first-order valence-corrected chi connectivity index (χ1v) is 5.53. The Morgan fingerprint density at radius 2 is 2.33 bits per heavy atom. The van der Waals surface area contributed by atoms with E-state index in [0.29, 0.717) is 6.42 Å². The topological polar surface area (TPSA) is 49.8 Å². The fourth-order valence-corrected chi connectivity index (χ4v) is 1.75. The summed E-state index contributed by atoms with van der Waals surface area (Å²) in [6, 6.07) is 7.59. The molecule has 0 aliphatic rings. The van der Waals surface area contributed by atoms with E-state index in [9.17, 15) is 0 Å². The fraction of sp³-hybridized carbons (Fsp3) is 0.250. The van der Waals surface area contributed by atoms with Crippen LogP contribution in [-0.4, -0.2) is 6.04 Å². The Labute approximate surface area is 98.5 Å². The molecule has 0 fully saturated rings. The maximum Gasteiger partial charge on any atom is 0.0969 e. The van der Waals surface area contributed by atoms with Gasteiger partial charge < -0.3 is 5.73 Å². The van der Waals surface area contributed by atoms with Crippen molar-refractivity contribution in [1.82, 2.24) is 0 Å². The second-order valence-corrected chi connectivity index (χ2v) is 4.20. The smallest absolute Gasteiger partial charge is 0.0969 e. The molecule has 2 nitrogen and oxygen atoms in total. The summed E-state index contributed by atoms with van der Waals surface area (Å²) in [7, 11) is 0. The molecule has 0 unspecified atom stereocenters. The molecule has 0 saturated heterocycles. The van der Waals surface area contributed by atoms with Crippen LogP contribution in [0.3, 0.4) is 0 Å². The Morgan fingerprint density at radius 1 is 1.60 bits per heavy atom. The highest BCUT2D eigenvalue weighted by Crippen LogP contribution is 2.19. The van der Waals surface area contributed by atoms with E-state index in [1.807, 2.05) is 43.3 Å². The zero-order valence-electron chi connectivity index (χ0n) is 8.57. The molecular weight excluding hydrogens is 252 g/mol. The SMILES string of the molecule is C/C=C/c1cc(Br)ccc1C[C@H](N)C#N. The maximum absolute atomic E-state index is 8.67. The average Bonchev–Trinajstić information content (AvgIpc) is 2.22. The molecule has 0 radical (unpaired) electrons. The van der Waals surface area contributed by atoms with Gasteiger partial charge in [0.05, 0.1) is 12.1 Å². The fourth-order valence-electron chi connectivity index (χ4n) is 1.37. The quantitative estimate of drug-likeness (QED) is 0.913. The molecule has 0 saturated carbocycles. The van der Waals surface area contributed by atoms with Gasteiger partial charge in [0.1, 0.15) is 0 Å².